The lowest BCUT2D eigenvalue weighted by atomic mass is 10.2. The van der Waals surface area contributed by atoms with Crippen molar-refractivity contribution in [3.63, 3.8) is 0 Å². The van der Waals surface area contributed by atoms with Crippen LogP contribution in [-0.2, 0) is 6.54 Å². The molecule has 0 fully saturated rings. The van der Waals surface area contributed by atoms with Crippen LogP contribution in [-0.4, -0.2) is 11.1 Å². The summed E-state index contributed by atoms with van der Waals surface area (Å²) in [5.41, 5.74) is 2.01. The smallest absolute Gasteiger partial charge is 0.123 e. The van der Waals surface area contributed by atoms with Gasteiger partial charge in [-0.3, -0.25) is 0 Å². The van der Waals surface area contributed by atoms with Crippen molar-refractivity contribution < 1.29 is 4.39 Å². The first-order valence-electron chi connectivity index (χ1n) is 6.43. The van der Waals surface area contributed by atoms with E-state index in [4.69, 9.17) is 11.6 Å². The second kappa shape index (κ2) is 6.22. The van der Waals surface area contributed by atoms with Crippen molar-refractivity contribution >= 4 is 11.6 Å². The minimum atomic E-state index is -0.257. The number of benzene rings is 1. The number of aromatic nitrogens is 1. The van der Waals surface area contributed by atoms with Gasteiger partial charge < -0.3 is 9.88 Å². The van der Waals surface area contributed by atoms with Crippen LogP contribution in [0.1, 0.15) is 31.0 Å². The molecule has 1 aromatic carbocycles. The fraction of sp³-hybridized carbons (Fsp3) is 0.333. The summed E-state index contributed by atoms with van der Waals surface area (Å²) in [4.78, 5) is 0. The van der Waals surface area contributed by atoms with Crippen molar-refractivity contribution in [2.45, 2.75) is 26.4 Å². The minimum absolute atomic E-state index is 0.257. The van der Waals surface area contributed by atoms with Gasteiger partial charge in [0.05, 0.1) is 0 Å². The van der Waals surface area contributed by atoms with Crippen LogP contribution in [0.2, 0.25) is 5.02 Å². The number of rotatable bonds is 5. The lowest BCUT2D eigenvalue weighted by molar-refractivity contribution is 0.596. The molecule has 2 nitrogen and oxygen atoms in total. The molecule has 0 amide bonds. The van der Waals surface area contributed by atoms with Crippen LogP contribution in [0.3, 0.4) is 0 Å². The molecule has 0 spiro atoms. The summed E-state index contributed by atoms with van der Waals surface area (Å²) < 4.78 is 15.2. The van der Waals surface area contributed by atoms with Gasteiger partial charge in [0.2, 0.25) is 0 Å². The van der Waals surface area contributed by atoms with Gasteiger partial charge >= 0.3 is 0 Å². The van der Waals surface area contributed by atoms with Crippen molar-refractivity contribution in [1.82, 2.24) is 9.88 Å². The molecule has 2 rings (SSSR count). The monoisotopic (exact) mass is 280 g/mol. The normalized spacial score (nSPS) is 12.6. The summed E-state index contributed by atoms with van der Waals surface area (Å²) in [7, 11) is 0. The Morgan fingerprint density at radius 3 is 2.89 bits per heavy atom. The Morgan fingerprint density at radius 1 is 1.37 bits per heavy atom. The first-order chi connectivity index (χ1) is 9.10. The number of nitrogens with zero attached hydrogens (tertiary/aromatic N) is 1. The Balaban J connectivity index is 2.13. The summed E-state index contributed by atoms with van der Waals surface area (Å²) in [5, 5.41) is 3.95. The standard InChI is InChI=1S/C15H18ClFN2/c1-3-18-11(2)12-6-7-19(9-12)10-13-8-14(17)4-5-15(13)16/h4-9,11,18H,3,10H2,1-2H3. The van der Waals surface area contributed by atoms with Gasteiger partial charge in [-0.05, 0) is 48.9 Å². The molecule has 2 aromatic rings. The van der Waals surface area contributed by atoms with Gasteiger partial charge in [0.1, 0.15) is 5.82 Å². The van der Waals surface area contributed by atoms with E-state index in [-0.39, 0.29) is 5.82 Å². The minimum Gasteiger partial charge on any atom is -0.350 e. The molecule has 0 radical (unpaired) electrons. The van der Waals surface area contributed by atoms with Crippen molar-refractivity contribution in [1.29, 1.82) is 0 Å². The third kappa shape index (κ3) is 3.58. The topological polar surface area (TPSA) is 17.0 Å². The Bertz CT molecular complexity index is 551. The van der Waals surface area contributed by atoms with Crippen LogP contribution < -0.4 is 5.32 Å². The quantitative estimate of drug-likeness (QED) is 0.876. The molecule has 1 aromatic heterocycles. The van der Waals surface area contributed by atoms with Crippen molar-refractivity contribution in [3.8, 4) is 0 Å². The Hall–Kier alpha value is -1.32. The van der Waals surface area contributed by atoms with E-state index in [0.29, 0.717) is 17.6 Å². The van der Waals surface area contributed by atoms with E-state index >= 15 is 0 Å². The van der Waals surface area contributed by atoms with E-state index in [2.05, 4.69) is 31.4 Å². The lowest BCUT2D eigenvalue weighted by Gasteiger charge is -2.10. The highest BCUT2D eigenvalue weighted by Gasteiger charge is 2.07. The molecule has 4 heteroatoms. The number of hydrogen-bond donors (Lipinski definition) is 1. The van der Waals surface area contributed by atoms with Crippen LogP contribution in [0.15, 0.2) is 36.7 Å². The molecule has 0 bridgehead atoms. The molecule has 1 heterocycles. The first-order valence-corrected chi connectivity index (χ1v) is 6.81. The zero-order valence-electron chi connectivity index (χ0n) is 11.2. The van der Waals surface area contributed by atoms with Crippen molar-refractivity contribution in [3.05, 3.63) is 58.6 Å². The summed E-state index contributed by atoms with van der Waals surface area (Å²) in [5.74, 6) is -0.257. The predicted octanol–water partition coefficient (Wildman–Crippen LogP) is 4.00. The molecule has 0 aliphatic rings. The SMILES string of the molecule is CCNC(C)c1ccn(Cc2cc(F)ccc2Cl)c1. The summed E-state index contributed by atoms with van der Waals surface area (Å²) in [6.45, 7) is 5.72. The van der Waals surface area contributed by atoms with E-state index in [0.717, 1.165) is 12.1 Å². The van der Waals surface area contributed by atoms with Gasteiger partial charge in [0, 0.05) is 30.0 Å². The van der Waals surface area contributed by atoms with Gasteiger partial charge in [-0.1, -0.05) is 18.5 Å². The third-order valence-electron chi connectivity index (χ3n) is 3.14. The maximum atomic E-state index is 13.2. The molecule has 1 unspecified atom stereocenters. The van der Waals surface area contributed by atoms with Crippen LogP contribution in [0.5, 0.6) is 0 Å². The van der Waals surface area contributed by atoms with E-state index < -0.39 is 0 Å². The molecule has 19 heavy (non-hydrogen) atoms. The van der Waals surface area contributed by atoms with Crippen LogP contribution in [0, 0.1) is 5.82 Å². The Labute approximate surface area is 118 Å². The maximum Gasteiger partial charge on any atom is 0.123 e. The zero-order valence-corrected chi connectivity index (χ0v) is 11.9. The van der Waals surface area contributed by atoms with Crippen molar-refractivity contribution in [2.24, 2.45) is 0 Å². The number of hydrogen-bond acceptors (Lipinski definition) is 1. The van der Waals surface area contributed by atoms with E-state index in [1.54, 1.807) is 6.07 Å². The van der Waals surface area contributed by atoms with Gasteiger partial charge in [-0.15, -0.1) is 0 Å². The first kappa shape index (κ1) is 14.1. The molecule has 0 saturated carbocycles. The van der Waals surface area contributed by atoms with Crippen LogP contribution in [0.4, 0.5) is 4.39 Å². The van der Waals surface area contributed by atoms with E-state index in [9.17, 15) is 4.39 Å². The summed E-state index contributed by atoms with van der Waals surface area (Å²) >= 11 is 6.07. The maximum absolute atomic E-state index is 13.2. The highest BCUT2D eigenvalue weighted by atomic mass is 35.5. The van der Waals surface area contributed by atoms with Gasteiger partial charge in [-0.2, -0.15) is 0 Å². The number of nitrogens with one attached hydrogen (secondary N) is 1. The molecule has 1 atom stereocenters. The van der Waals surface area contributed by atoms with Gasteiger partial charge in [0.25, 0.3) is 0 Å². The second-order valence-electron chi connectivity index (χ2n) is 4.63. The highest BCUT2D eigenvalue weighted by molar-refractivity contribution is 6.31. The molecule has 0 aliphatic heterocycles. The molecular weight excluding hydrogens is 263 g/mol. The van der Waals surface area contributed by atoms with Crippen LogP contribution >= 0.6 is 11.6 Å². The molecule has 102 valence electrons. The van der Waals surface area contributed by atoms with Crippen LogP contribution in [0.25, 0.3) is 0 Å². The largest absolute Gasteiger partial charge is 0.350 e. The molecule has 1 N–H and O–H groups in total. The summed E-state index contributed by atoms with van der Waals surface area (Å²) in [6.07, 6.45) is 4.05. The fourth-order valence-electron chi connectivity index (χ4n) is 2.10. The Kier molecular flexibility index (Phi) is 4.61. The average Bonchev–Trinajstić information content (AvgIpc) is 2.83. The number of halogens is 2. The van der Waals surface area contributed by atoms with E-state index in [1.807, 2.05) is 10.8 Å². The lowest BCUT2D eigenvalue weighted by Crippen LogP contribution is -2.17. The molecule has 0 saturated heterocycles. The highest BCUT2D eigenvalue weighted by Crippen LogP contribution is 2.20. The average molecular weight is 281 g/mol. The second-order valence-corrected chi connectivity index (χ2v) is 5.04. The predicted molar refractivity (Wildman–Crippen MR) is 77.0 cm³/mol. The summed E-state index contributed by atoms with van der Waals surface area (Å²) in [6, 6.07) is 6.84. The van der Waals surface area contributed by atoms with Gasteiger partial charge in [0.15, 0.2) is 0 Å². The Morgan fingerprint density at radius 2 is 2.16 bits per heavy atom. The zero-order chi connectivity index (χ0) is 13.8. The third-order valence-corrected chi connectivity index (χ3v) is 3.51. The molecule has 0 aliphatic carbocycles. The van der Waals surface area contributed by atoms with Gasteiger partial charge in [-0.25, -0.2) is 4.39 Å². The van der Waals surface area contributed by atoms with E-state index in [1.165, 1.54) is 17.7 Å². The van der Waals surface area contributed by atoms with Crippen molar-refractivity contribution in [2.75, 3.05) is 6.54 Å². The fourth-order valence-corrected chi connectivity index (χ4v) is 2.28. The molecular formula is C15H18ClFN2.